The Hall–Kier alpha value is -1.07. The summed E-state index contributed by atoms with van der Waals surface area (Å²) >= 11 is 0. The van der Waals surface area contributed by atoms with Gasteiger partial charge in [0.1, 0.15) is 11.3 Å². The summed E-state index contributed by atoms with van der Waals surface area (Å²) in [4.78, 5) is 12.0. The molecule has 1 fully saturated rings. The minimum Gasteiger partial charge on any atom is -0.360 e. The van der Waals surface area contributed by atoms with E-state index in [-0.39, 0.29) is 18.3 Å². The minimum absolute atomic E-state index is 0. The molecule has 2 rings (SSSR count). The largest absolute Gasteiger partial charge is 0.360 e. The normalized spacial score (nSPS) is 18.1. The Morgan fingerprint density at radius 3 is 3.00 bits per heavy atom. The van der Waals surface area contributed by atoms with Crippen molar-refractivity contribution in [1.82, 2.24) is 15.8 Å². The van der Waals surface area contributed by atoms with Gasteiger partial charge in [-0.1, -0.05) is 12.1 Å². The first-order chi connectivity index (χ1) is 8.72. The summed E-state index contributed by atoms with van der Waals surface area (Å²) in [5, 5.41) is 10.2. The lowest BCUT2D eigenvalue weighted by atomic mass is 10.1. The van der Waals surface area contributed by atoms with Gasteiger partial charge in [-0.15, -0.1) is 12.4 Å². The van der Waals surface area contributed by atoms with Crippen molar-refractivity contribution in [3.8, 4) is 0 Å². The van der Waals surface area contributed by atoms with Gasteiger partial charge < -0.3 is 15.2 Å². The second-order valence-electron chi connectivity index (χ2n) is 4.76. The molecule has 1 amide bonds. The molecule has 0 aliphatic carbocycles. The number of carbonyl (C=O) groups excluding carboxylic acids is 1. The third-order valence-electron chi connectivity index (χ3n) is 3.42. The maximum atomic E-state index is 12.0. The smallest absolute Gasteiger partial charge is 0.256 e. The van der Waals surface area contributed by atoms with Gasteiger partial charge in [-0.3, -0.25) is 4.79 Å². The van der Waals surface area contributed by atoms with E-state index in [0.717, 1.165) is 13.0 Å². The molecule has 0 unspecified atom stereocenters. The number of amides is 1. The monoisotopic (exact) mass is 287 g/mol. The number of hydrogen-bond acceptors (Lipinski definition) is 4. The van der Waals surface area contributed by atoms with Gasteiger partial charge in [0.05, 0.1) is 5.69 Å². The summed E-state index contributed by atoms with van der Waals surface area (Å²) < 4.78 is 5.12. The molecule has 108 valence electrons. The van der Waals surface area contributed by atoms with E-state index in [1.807, 2.05) is 6.92 Å². The Morgan fingerprint density at radius 1 is 1.58 bits per heavy atom. The molecule has 0 aromatic carbocycles. The van der Waals surface area contributed by atoms with Gasteiger partial charge in [0, 0.05) is 19.0 Å². The lowest BCUT2D eigenvalue weighted by Gasteiger charge is -2.10. The van der Waals surface area contributed by atoms with Crippen LogP contribution in [-0.2, 0) is 6.42 Å². The van der Waals surface area contributed by atoms with Gasteiger partial charge in [-0.25, -0.2) is 0 Å². The molecule has 19 heavy (non-hydrogen) atoms. The molecule has 2 N–H and O–H groups in total. The summed E-state index contributed by atoms with van der Waals surface area (Å²) in [6.45, 7) is 5.56. The first-order valence-corrected chi connectivity index (χ1v) is 6.69. The van der Waals surface area contributed by atoms with Crippen molar-refractivity contribution in [3.05, 3.63) is 17.0 Å². The molecule has 0 saturated carbocycles. The zero-order chi connectivity index (χ0) is 13.0. The van der Waals surface area contributed by atoms with Gasteiger partial charge in [-0.2, -0.15) is 0 Å². The molecular weight excluding hydrogens is 266 g/mol. The van der Waals surface area contributed by atoms with Crippen molar-refractivity contribution in [2.75, 3.05) is 13.1 Å². The number of aryl methyl sites for hydroxylation is 2. The third kappa shape index (κ3) is 3.94. The second kappa shape index (κ2) is 7.50. The van der Waals surface area contributed by atoms with E-state index in [0.29, 0.717) is 36.0 Å². The Morgan fingerprint density at radius 2 is 2.37 bits per heavy atom. The van der Waals surface area contributed by atoms with Crippen LogP contribution >= 0.6 is 12.4 Å². The van der Waals surface area contributed by atoms with E-state index >= 15 is 0 Å². The van der Waals surface area contributed by atoms with Gasteiger partial charge in [0.15, 0.2) is 0 Å². The second-order valence-corrected chi connectivity index (χ2v) is 4.76. The number of hydrogen-bond donors (Lipinski definition) is 2. The van der Waals surface area contributed by atoms with Crippen molar-refractivity contribution in [2.24, 2.45) is 0 Å². The fraction of sp³-hybridized carbons (Fsp3) is 0.692. The lowest BCUT2D eigenvalue weighted by molar-refractivity contribution is 0.0950. The first-order valence-electron chi connectivity index (χ1n) is 6.69. The number of carbonyl (C=O) groups is 1. The molecule has 0 spiro atoms. The van der Waals surface area contributed by atoms with Crippen LogP contribution in [0.2, 0.25) is 0 Å². The van der Waals surface area contributed by atoms with Crippen LogP contribution < -0.4 is 10.6 Å². The summed E-state index contributed by atoms with van der Waals surface area (Å²) in [5.74, 6) is 0.604. The van der Waals surface area contributed by atoms with Gasteiger partial charge >= 0.3 is 0 Å². The number of aromatic nitrogens is 1. The van der Waals surface area contributed by atoms with Crippen LogP contribution in [0, 0.1) is 6.92 Å². The molecular formula is C13H22ClN3O2. The summed E-state index contributed by atoms with van der Waals surface area (Å²) in [7, 11) is 0. The van der Waals surface area contributed by atoms with E-state index < -0.39 is 0 Å². The first kappa shape index (κ1) is 16.0. The van der Waals surface area contributed by atoms with Crippen molar-refractivity contribution < 1.29 is 9.32 Å². The predicted octanol–water partition coefficient (Wildman–Crippen LogP) is 1.84. The maximum Gasteiger partial charge on any atom is 0.256 e. The number of halogens is 1. The molecule has 0 bridgehead atoms. The highest BCUT2D eigenvalue weighted by atomic mass is 35.5. The molecule has 1 aliphatic heterocycles. The molecule has 5 nitrogen and oxygen atoms in total. The van der Waals surface area contributed by atoms with Crippen molar-refractivity contribution in [2.45, 2.75) is 45.6 Å². The van der Waals surface area contributed by atoms with Crippen LogP contribution in [0.25, 0.3) is 0 Å². The SMILES string of the molecule is CCc1onc(C)c1C(=O)NCC[C@H]1CCCN1.Cl. The average Bonchev–Trinajstić information content (AvgIpc) is 2.98. The van der Waals surface area contributed by atoms with E-state index in [1.54, 1.807) is 6.92 Å². The van der Waals surface area contributed by atoms with Crippen molar-refractivity contribution in [3.63, 3.8) is 0 Å². The topological polar surface area (TPSA) is 67.2 Å². The van der Waals surface area contributed by atoms with Crippen LogP contribution in [0.3, 0.4) is 0 Å². The number of nitrogens with one attached hydrogen (secondary N) is 2. The predicted molar refractivity (Wildman–Crippen MR) is 75.8 cm³/mol. The highest BCUT2D eigenvalue weighted by Crippen LogP contribution is 2.14. The Labute approximate surface area is 119 Å². The Bertz CT molecular complexity index is 414. The zero-order valence-corrected chi connectivity index (χ0v) is 12.3. The molecule has 0 radical (unpaired) electrons. The van der Waals surface area contributed by atoms with Crippen LogP contribution in [0.1, 0.15) is 48.0 Å². The maximum absolute atomic E-state index is 12.0. The summed E-state index contributed by atoms with van der Waals surface area (Å²) in [6, 6.07) is 0.555. The van der Waals surface area contributed by atoms with Gasteiger partial charge in [0.25, 0.3) is 5.91 Å². The zero-order valence-electron chi connectivity index (χ0n) is 11.5. The molecule has 1 aliphatic rings. The average molecular weight is 288 g/mol. The molecule has 1 aromatic heterocycles. The molecule has 1 aromatic rings. The van der Waals surface area contributed by atoms with Crippen LogP contribution in [0.15, 0.2) is 4.52 Å². The van der Waals surface area contributed by atoms with Gasteiger partial charge in [0.2, 0.25) is 0 Å². The fourth-order valence-corrected chi connectivity index (χ4v) is 2.40. The standard InChI is InChI=1S/C13H21N3O2.ClH/c1-3-11-12(9(2)16-18-11)13(17)15-8-6-10-5-4-7-14-10;/h10,14H,3-8H2,1-2H3,(H,15,17);1H/t10-;/m1./s1. The molecule has 1 saturated heterocycles. The quantitative estimate of drug-likeness (QED) is 0.867. The minimum atomic E-state index is -0.0661. The van der Waals surface area contributed by atoms with Crippen molar-refractivity contribution in [1.29, 1.82) is 0 Å². The molecule has 6 heteroatoms. The highest BCUT2D eigenvalue weighted by Gasteiger charge is 2.19. The van der Waals surface area contributed by atoms with Crippen LogP contribution in [0.4, 0.5) is 0 Å². The van der Waals surface area contributed by atoms with E-state index in [9.17, 15) is 4.79 Å². The van der Waals surface area contributed by atoms with Gasteiger partial charge in [-0.05, 0) is 32.7 Å². The van der Waals surface area contributed by atoms with Crippen molar-refractivity contribution >= 4 is 18.3 Å². The Kier molecular flexibility index (Phi) is 6.31. The molecule has 2 heterocycles. The summed E-state index contributed by atoms with van der Waals surface area (Å²) in [5.41, 5.74) is 1.28. The number of nitrogens with zero attached hydrogens (tertiary/aromatic N) is 1. The van der Waals surface area contributed by atoms with E-state index in [4.69, 9.17) is 4.52 Å². The van der Waals surface area contributed by atoms with E-state index in [1.165, 1.54) is 12.8 Å². The van der Waals surface area contributed by atoms with E-state index in [2.05, 4.69) is 15.8 Å². The Balaban J connectivity index is 0.00000180. The molecule has 1 atom stereocenters. The highest BCUT2D eigenvalue weighted by molar-refractivity contribution is 5.96. The van der Waals surface area contributed by atoms with Crippen LogP contribution in [0.5, 0.6) is 0 Å². The fourth-order valence-electron chi connectivity index (χ4n) is 2.40. The third-order valence-corrected chi connectivity index (χ3v) is 3.42. The summed E-state index contributed by atoms with van der Waals surface area (Å²) in [6.07, 6.45) is 4.12. The lowest BCUT2D eigenvalue weighted by Crippen LogP contribution is -2.31. The number of rotatable bonds is 5. The van der Waals surface area contributed by atoms with Crippen LogP contribution in [-0.4, -0.2) is 30.2 Å².